The normalized spacial score (nSPS) is 14.5. The number of alkyl halides is 3. The second-order valence-electron chi connectivity index (χ2n) is 6.89. The lowest BCUT2D eigenvalue weighted by atomic mass is 10.1. The third kappa shape index (κ3) is 5.69. The summed E-state index contributed by atoms with van der Waals surface area (Å²) in [7, 11) is 1.50. The molecule has 31 heavy (non-hydrogen) atoms. The summed E-state index contributed by atoms with van der Waals surface area (Å²) in [5.41, 5.74) is -1.28. The molecule has 1 aromatic heterocycles. The molecule has 1 saturated heterocycles. The van der Waals surface area contributed by atoms with Gasteiger partial charge in [0.25, 0.3) is 5.91 Å². The van der Waals surface area contributed by atoms with Crippen molar-refractivity contribution in [2.75, 3.05) is 50.1 Å². The van der Waals surface area contributed by atoms with E-state index >= 15 is 0 Å². The SMILES string of the molecule is COCCC(=O)Nc1ccc(N2CCN(C(=O)c3ccccc3C(F)(F)F)CC2)nn1. The number of benzene rings is 1. The quantitative estimate of drug-likeness (QED) is 0.747. The Morgan fingerprint density at radius 2 is 1.77 bits per heavy atom. The lowest BCUT2D eigenvalue weighted by Gasteiger charge is -2.35. The first kappa shape index (κ1) is 22.5. The average Bonchev–Trinajstić information content (AvgIpc) is 2.77. The van der Waals surface area contributed by atoms with Crippen molar-refractivity contribution in [2.45, 2.75) is 12.6 Å². The molecule has 2 aromatic rings. The van der Waals surface area contributed by atoms with Crippen molar-refractivity contribution in [3.05, 3.63) is 47.5 Å². The number of piperazine rings is 1. The van der Waals surface area contributed by atoms with Crippen molar-refractivity contribution in [2.24, 2.45) is 0 Å². The number of anilines is 2. The second-order valence-corrected chi connectivity index (χ2v) is 6.89. The number of aromatic nitrogens is 2. The lowest BCUT2D eigenvalue weighted by Crippen LogP contribution is -2.49. The molecule has 0 saturated carbocycles. The maximum atomic E-state index is 13.2. The Morgan fingerprint density at radius 3 is 2.39 bits per heavy atom. The summed E-state index contributed by atoms with van der Waals surface area (Å²) < 4.78 is 44.5. The highest BCUT2D eigenvalue weighted by Crippen LogP contribution is 2.32. The van der Waals surface area contributed by atoms with Crippen molar-refractivity contribution in [1.29, 1.82) is 0 Å². The van der Waals surface area contributed by atoms with Crippen LogP contribution in [0.5, 0.6) is 0 Å². The minimum atomic E-state index is -4.59. The number of methoxy groups -OCH3 is 1. The van der Waals surface area contributed by atoms with Gasteiger partial charge in [-0.1, -0.05) is 12.1 Å². The zero-order chi connectivity index (χ0) is 22.4. The second kappa shape index (κ2) is 9.73. The van der Waals surface area contributed by atoms with Gasteiger partial charge in [-0.2, -0.15) is 13.2 Å². The fraction of sp³-hybridized carbons (Fsp3) is 0.400. The lowest BCUT2D eigenvalue weighted by molar-refractivity contribution is -0.138. The maximum absolute atomic E-state index is 13.2. The van der Waals surface area contributed by atoms with Crippen LogP contribution in [0.25, 0.3) is 0 Å². The summed E-state index contributed by atoms with van der Waals surface area (Å²) >= 11 is 0. The van der Waals surface area contributed by atoms with E-state index in [-0.39, 0.29) is 31.0 Å². The minimum Gasteiger partial charge on any atom is -0.384 e. The average molecular weight is 437 g/mol. The number of nitrogens with one attached hydrogen (secondary N) is 1. The highest BCUT2D eigenvalue weighted by molar-refractivity contribution is 5.96. The van der Waals surface area contributed by atoms with Gasteiger partial charge >= 0.3 is 6.18 Å². The van der Waals surface area contributed by atoms with Gasteiger partial charge in [-0.15, -0.1) is 10.2 Å². The van der Waals surface area contributed by atoms with Gasteiger partial charge in [-0.3, -0.25) is 9.59 Å². The molecule has 2 amide bonds. The summed E-state index contributed by atoms with van der Waals surface area (Å²) in [5, 5.41) is 10.7. The van der Waals surface area contributed by atoms with Crippen LogP contribution in [0.4, 0.5) is 24.8 Å². The Bertz CT molecular complexity index is 913. The first-order valence-electron chi connectivity index (χ1n) is 9.62. The number of carbonyl (C=O) groups is 2. The summed E-state index contributed by atoms with van der Waals surface area (Å²) in [6.07, 6.45) is -4.39. The van der Waals surface area contributed by atoms with E-state index in [9.17, 15) is 22.8 Å². The molecule has 0 spiro atoms. The van der Waals surface area contributed by atoms with Crippen LogP contribution in [0.3, 0.4) is 0 Å². The monoisotopic (exact) mass is 437 g/mol. The molecule has 2 heterocycles. The van der Waals surface area contributed by atoms with Crippen LogP contribution in [-0.2, 0) is 15.7 Å². The molecule has 1 aromatic carbocycles. The summed E-state index contributed by atoms with van der Waals surface area (Å²) in [6, 6.07) is 8.10. The molecule has 0 atom stereocenters. The van der Waals surface area contributed by atoms with Crippen LogP contribution in [0.1, 0.15) is 22.3 Å². The smallest absolute Gasteiger partial charge is 0.384 e. The minimum absolute atomic E-state index is 0.202. The number of carbonyl (C=O) groups excluding carboxylic acids is 2. The van der Waals surface area contributed by atoms with Gasteiger partial charge in [0.2, 0.25) is 5.91 Å². The van der Waals surface area contributed by atoms with Crippen LogP contribution in [0.2, 0.25) is 0 Å². The number of halogens is 3. The molecule has 11 heteroatoms. The standard InChI is InChI=1S/C20H22F3N5O3/c1-31-13-8-18(29)24-16-6-7-17(26-25-16)27-9-11-28(12-10-27)19(30)14-4-2-3-5-15(14)20(21,22)23/h2-7H,8-13H2,1H3,(H,24,25,29). The Labute approximate surface area is 177 Å². The highest BCUT2D eigenvalue weighted by Gasteiger charge is 2.36. The predicted molar refractivity (Wildman–Crippen MR) is 107 cm³/mol. The number of ether oxygens (including phenoxy) is 1. The van der Waals surface area contributed by atoms with E-state index in [4.69, 9.17) is 4.74 Å². The van der Waals surface area contributed by atoms with Gasteiger partial charge in [0.05, 0.1) is 24.2 Å². The topological polar surface area (TPSA) is 87.7 Å². The number of hydrogen-bond donors (Lipinski definition) is 1. The van der Waals surface area contributed by atoms with E-state index < -0.39 is 17.6 Å². The molecular weight excluding hydrogens is 415 g/mol. The van der Waals surface area contributed by atoms with E-state index in [0.29, 0.717) is 31.3 Å². The fourth-order valence-corrected chi connectivity index (χ4v) is 3.19. The van der Waals surface area contributed by atoms with Gasteiger partial charge < -0.3 is 19.9 Å². The van der Waals surface area contributed by atoms with Crippen LogP contribution < -0.4 is 10.2 Å². The van der Waals surface area contributed by atoms with Gasteiger partial charge in [0.15, 0.2) is 11.6 Å². The van der Waals surface area contributed by atoms with E-state index in [1.54, 1.807) is 12.1 Å². The highest BCUT2D eigenvalue weighted by atomic mass is 19.4. The molecule has 3 rings (SSSR count). The van der Waals surface area contributed by atoms with Gasteiger partial charge in [-0.25, -0.2) is 0 Å². The number of amides is 2. The summed E-state index contributed by atoms with van der Waals surface area (Å²) in [6.45, 7) is 1.60. The van der Waals surface area contributed by atoms with Gasteiger partial charge in [-0.05, 0) is 24.3 Å². The van der Waals surface area contributed by atoms with Crippen LogP contribution in [-0.4, -0.2) is 66.8 Å². The Kier molecular flexibility index (Phi) is 7.06. The third-order valence-electron chi connectivity index (χ3n) is 4.80. The van der Waals surface area contributed by atoms with Crippen molar-refractivity contribution >= 4 is 23.5 Å². The molecule has 166 valence electrons. The predicted octanol–water partition coefficient (Wildman–Crippen LogP) is 2.43. The van der Waals surface area contributed by atoms with Crippen LogP contribution in [0, 0.1) is 0 Å². The maximum Gasteiger partial charge on any atom is 0.417 e. The molecule has 0 radical (unpaired) electrons. The summed E-state index contributed by atoms with van der Waals surface area (Å²) in [5.74, 6) is -0.0250. The van der Waals surface area contributed by atoms with Gasteiger partial charge in [0, 0.05) is 33.3 Å². The van der Waals surface area contributed by atoms with Crippen molar-refractivity contribution in [3.8, 4) is 0 Å². The van der Waals surface area contributed by atoms with E-state index in [2.05, 4.69) is 15.5 Å². The first-order chi connectivity index (χ1) is 14.8. The van der Waals surface area contributed by atoms with Crippen molar-refractivity contribution in [1.82, 2.24) is 15.1 Å². The Morgan fingerprint density at radius 1 is 1.06 bits per heavy atom. The number of rotatable bonds is 6. The third-order valence-corrected chi connectivity index (χ3v) is 4.80. The molecule has 0 bridgehead atoms. The van der Waals surface area contributed by atoms with E-state index in [1.165, 1.54) is 30.2 Å². The molecule has 0 unspecified atom stereocenters. The molecule has 8 nitrogen and oxygen atoms in total. The number of nitrogens with zero attached hydrogens (tertiary/aromatic N) is 4. The number of hydrogen-bond acceptors (Lipinski definition) is 6. The molecule has 1 aliphatic heterocycles. The van der Waals surface area contributed by atoms with E-state index in [1.807, 2.05) is 4.90 Å². The fourth-order valence-electron chi connectivity index (χ4n) is 3.19. The molecular formula is C20H22F3N5O3. The molecule has 1 N–H and O–H groups in total. The van der Waals surface area contributed by atoms with E-state index in [0.717, 1.165) is 6.07 Å². The zero-order valence-corrected chi connectivity index (χ0v) is 16.9. The van der Waals surface area contributed by atoms with Crippen molar-refractivity contribution < 1.29 is 27.5 Å². The molecule has 0 aliphatic carbocycles. The summed E-state index contributed by atoms with van der Waals surface area (Å²) in [4.78, 5) is 27.6. The molecule has 1 aliphatic rings. The first-order valence-corrected chi connectivity index (χ1v) is 9.62. The van der Waals surface area contributed by atoms with Gasteiger partial charge in [0.1, 0.15) is 0 Å². The van der Waals surface area contributed by atoms with Crippen molar-refractivity contribution in [3.63, 3.8) is 0 Å². The molecule has 1 fully saturated rings. The largest absolute Gasteiger partial charge is 0.417 e. The van der Waals surface area contributed by atoms with Crippen LogP contribution in [0.15, 0.2) is 36.4 Å². The Hall–Kier alpha value is -3.21. The Balaban J connectivity index is 1.59. The zero-order valence-electron chi connectivity index (χ0n) is 16.9. The van der Waals surface area contributed by atoms with Crippen LogP contribution >= 0.6 is 0 Å².